The van der Waals surface area contributed by atoms with E-state index in [0.717, 1.165) is 19.4 Å². The van der Waals surface area contributed by atoms with Crippen LogP contribution in [0.1, 0.15) is 26.2 Å². The van der Waals surface area contributed by atoms with E-state index in [1.54, 1.807) is 25.1 Å². The molecule has 3 rings (SSSR count). The maximum Gasteiger partial charge on any atom is 0.325 e. The molecular formula is C20H27N3O6. The second-order valence-electron chi connectivity index (χ2n) is 7.09. The van der Waals surface area contributed by atoms with Crippen LogP contribution in [-0.2, 0) is 14.3 Å². The van der Waals surface area contributed by atoms with Crippen molar-refractivity contribution in [3.05, 3.63) is 18.2 Å². The largest absolute Gasteiger partial charge is 0.486 e. The molecule has 1 heterocycles. The SMILES string of the molecule is CCOC(=O)CCN(CC(=O)NC(=O)Nc1ccc2c(c1)OCCO2)CC1CC1. The topological polar surface area (TPSA) is 106 Å². The molecule has 1 fully saturated rings. The van der Waals surface area contributed by atoms with Crippen LogP contribution in [0, 0.1) is 5.92 Å². The zero-order chi connectivity index (χ0) is 20.6. The van der Waals surface area contributed by atoms with Gasteiger partial charge in [-0.2, -0.15) is 0 Å². The molecule has 0 radical (unpaired) electrons. The van der Waals surface area contributed by atoms with E-state index in [2.05, 4.69) is 10.6 Å². The maximum atomic E-state index is 12.3. The number of ether oxygens (including phenoxy) is 3. The van der Waals surface area contributed by atoms with Gasteiger partial charge in [-0.25, -0.2) is 4.79 Å². The van der Waals surface area contributed by atoms with Gasteiger partial charge in [-0.15, -0.1) is 0 Å². The number of fused-ring (bicyclic) bond motifs is 1. The average Bonchev–Trinajstić information content (AvgIpc) is 3.50. The van der Waals surface area contributed by atoms with E-state index in [1.165, 1.54) is 0 Å². The minimum absolute atomic E-state index is 0.0461. The Hall–Kier alpha value is -2.81. The average molecular weight is 405 g/mol. The number of carbonyl (C=O) groups excluding carboxylic acids is 3. The molecule has 0 aromatic heterocycles. The summed E-state index contributed by atoms with van der Waals surface area (Å²) >= 11 is 0. The van der Waals surface area contributed by atoms with Crippen LogP contribution in [0.5, 0.6) is 11.5 Å². The van der Waals surface area contributed by atoms with Gasteiger partial charge in [0.2, 0.25) is 5.91 Å². The first-order chi connectivity index (χ1) is 14.0. The Morgan fingerprint density at radius 1 is 1.17 bits per heavy atom. The van der Waals surface area contributed by atoms with Crippen molar-refractivity contribution in [3.8, 4) is 11.5 Å². The number of nitrogens with zero attached hydrogens (tertiary/aromatic N) is 1. The van der Waals surface area contributed by atoms with Crippen LogP contribution in [0.2, 0.25) is 0 Å². The lowest BCUT2D eigenvalue weighted by molar-refractivity contribution is -0.143. The van der Waals surface area contributed by atoms with Crippen LogP contribution < -0.4 is 20.1 Å². The van der Waals surface area contributed by atoms with Gasteiger partial charge in [0.05, 0.1) is 19.6 Å². The van der Waals surface area contributed by atoms with Crippen molar-refractivity contribution >= 4 is 23.6 Å². The zero-order valence-electron chi connectivity index (χ0n) is 16.6. The molecule has 2 aliphatic rings. The summed E-state index contributed by atoms with van der Waals surface area (Å²) in [6.07, 6.45) is 2.47. The maximum absolute atomic E-state index is 12.3. The number of hydrogen-bond acceptors (Lipinski definition) is 7. The van der Waals surface area contributed by atoms with Gasteiger partial charge < -0.3 is 19.5 Å². The number of hydrogen-bond donors (Lipinski definition) is 2. The van der Waals surface area contributed by atoms with E-state index in [9.17, 15) is 14.4 Å². The monoisotopic (exact) mass is 405 g/mol. The highest BCUT2D eigenvalue weighted by Crippen LogP contribution is 2.32. The molecule has 0 saturated heterocycles. The Kier molecular flexibility index (Phi) is 7.29. The van der Waals surface area contributed by atoms with Crippen LogP contribution in [-0.4, -0.2) is 62.3 Å². The fourth-order valence-electron chi connectivity index (χ4n) is 3.04. The van der Waals surface area contributed by atoms with E-state index >= 15 is 0 Å². The van der Waals surface area contributed by atoms with Crippen LogP contribution in [0.25, 0.3) is 0 Å². The molecule has 3 amide bonds. The second kappa shape index (κ2) is 10.1. The van der Waals surface area contributed by atoms with Gasteiger partial charge in [0.25, 0.3) is 0 Å². The number of carbonyl (C=O) groups is 3. The lowest BCUT2D eigenvalue weighted by Crippen LogP contribution is -2.43. The fraction of sp³-hybridized carbons (Fsp3) is 0.550. The van der Waals surface area contributed by atoms with Crippen molar-refractivity contribution in [2.75, 3.05) is 44.8 Å². The first-order valence-corrected chi connectivity index (χ1v) is 9.92. The van der Waals surface area contributed by atoms with Crippen molar-refractivity contribution in [2.45, 2.75) is 26.2 Å². The lowest BCUT2D eigenvalue weighted by atomic mass is 10.2. The summed E-state index contributed by atoms with van der Waals surface area (Å²) in [7, 11) is 0. The van der Waals surface area contributed by atoms with E-state index < -0.39 is 11.9 Å². The minimum Gasteiger partial charge on any atom is -0.486 e. The molecule has 29 heavy (non-hydrogen) atoms. The Morgan fingerprint density at radius 3 is 2.66 bits per heavy atom. The molecule has 1 aromatic carbocycles. The van der Waals surface area contributed by atoms with Gasteiger partial charge in [-0.1, -0.05) is 0 Å². The first kappa shape index (κ1) is 20.9. The molecular weight excluding hydrogens is 378 g/mol. The molecule has 1 aliphatic heterocycles. The number of anilines is 1. The number of urea groups is 1. The van der Waals surface area contributed by atoms with Gasteiger partial charge in [0, 0.05) is 24.8 Å². The fourth-order valence-corrected chi connectivity index (χ4v) is 3.04. The third kappa shape index (κ3) is 6.94. The molecule has 2 N–H and O–H groups in total. The van der Waals surface area contributed by atoms with Crippen LogP contribution in [0.3, 0.4) is 0 Å². The quantitative estimate of drug-likeness (QED) is 0.603. The number of amides is 3. The van der Waals surface area contributed by atoms with Crippen LogP contribution >= 0.6 is 0 Å². The minimum atomic E-state index is -0.622. The molecule has 1 saturated carbocycles. The van der Waals surface area contributed by atoms with E-state index in [0.29, 0.717) is 49.5 Å². The molecule has 0 spiro atoms. The van der Waals surface area contributed by atoms with E-state index in [-0.39, 0.29) is 18.9 Å². The van der Waals surface area contributed by atoms with Gasteiger partial charge in [0.15, 0.2) is 11.5 Å². The molecule has 0 atom stereocenters. The number of imide groups is 1. The van der Waals surface area contributed by atoms with Gasteiger partial charge in [0.1, 0.15) is 13.2 Å². The van der Waals surface area contributed by atoms with E-state index in [4.69, 9.17) is 14.2 Å². The summed E-state index contributed by atoms with van der Waals surface area (Å²) in [6.45, 7) is 4.23. The second-order valence-corrected chi connectivity index (χ2v) is 7.09. The lowest BCUT2D eigenvalue weighted by Gasteiger charge is -2.21. The van der Waals surface area contributed by atoms with Crippen molar-refractivity contribution in [3.63, 3.8) is 0 Å². The smallest absolute Gasteiger partial charge is 0.325 e. The zero-order valence-corrected chi connectivity index (χ0v) is 16.6. The first-order valence-electron chi connectivity index (χ1n) is 9.92. The Morgan fingerprint density at radius 2 is 1.93 bits per heavy atom. The normalized spacial score (nSPS) is 15.0. The van der Waals surface area contributed by atoms with Crippen molar-refractivity contribution < 1.29 is 28.6 Å². The summed E-state index contributed by atoms with van der Waals surface area (Å²) in [4.78, 5) is 37.9. The highest BCUT2D eigenvalue weighted by atomic mass is 16.6. The van der Waals surface area contributed by atoms with Crippen molar-refractivity contribution in [2.24, 2.45) is 5.92 Å². The summed E-state index contributed by atoms with van der Waals surface area (Å²) in [5.74, 6) is 1.01. The van der Waals surface area contributed by atoms with Gasteiger partial charge in [-0.05, 0) is 37.8 Å². The predicted molar refractivity (Wildman–Crippen MR) is 105 cm³/mol. The van der Waals surface area contributed by atoms with Crippen LogP contribution in [0.15, 0.2) is 18.2 Å². The predicted octanol–water partition coefficient (Wildman–Crippen LogP) is 1.77. The Labute approximate surface area is 169 Å². The summed E-state index contributed by atoms with van der Waals surface area (Å²) in [5.41, 5.74) is 0.497. The third-order valence-corrected chi connectivity index (χ3v) is 4.57. The highest BCUT2D eigenvalue weighted by Gasteiger charge is 2.26. The summed E-state index contributed by atoms with van der Waals surface area (Å²) in [6, 6.07) is 4.41. The molecule has 1 aromatic rings. The standard InChI is InChI=1S/C20H27N3O6/c1-2-27-19(25)7-8-23(12-14-3-4-14)13-18(24)22-20(26)21-15-5-6-16-17(11-15)29-10-9-28-16/h5-6,11,14H,2-4,7-10,12-13H2,1H3,(H2,21,22,24,26). The Bertz CT molecular complexity index is 750. The Balaban J connectivity index is 1.46. The molecule has 9 nitrogen and oxygen atoms in total. The molecule has 9 heteroatoms. The van der Waals surface area contributed by atoms with E-state index in [1.807, 2.05) is 4.90 Å². The number of nitrogens with one attached hydrogen (secondary N) is 2. The van der Waals surface area contributed by atoms with Crippen molar-refractivity contribution in [1.82, 2.24) is 10.2 Å². The summed E-state index contributed by atoms with van der Waals surface area (Å²) in [5, 5.41) is 4.94. The molecule has 1 aliphatic carbocycles. The number of esters is 1. The number of benzene rings is 1. The summed E-state index contributed by atoms with van der Waals surface area (Å²) < 4.78 is 15.9. The number of rotatable bonds is 9. The third-order valence-electron chi connectivity index (χ3n) is 4.57. The van der Waals surface area contributed by atoms with Crippen LogP contribution in [0.4, 0.5) is 10.5 Å². The van der Waals surface area contributed by atoms with Gasteiger partial charge in [-0.3, -0.25) is 19.8 Å². The van der Waals surface area contributed by atoms with Gasteiger partial charge >= 0.3 is 12.0 Å². The molecule has 0 bridgehead atoms. The van der Waals surface area contributed by atoms with Crippen molar-refractivity contribution in [1.29, 1.82) is 0 Å². The highest BCUT2D eigenvalue weighted by molar-refractivity contribution is 6.01. The molecule has 158 valence electrons. The molecule has 0 unspecified atom stereocenters.